The fraction of sp³-hybridized carbons (Fsp3) is 0.704. The predicted octanol–water partition coefficient (Wildman–Crippen LogP) is 4.90. The molecule has 12 heteroatoms. The van der Waals surface area contributed by atoms with Gasteiger partial charge in [0, 0.05) is 78.7 Å². The van der Waals surface area contributed by atoms with Crippen molar-refractivity contribution >= 4 is 30.0 Å². The smallest absolute Gasteiger partial charge is 0.321 e. The van der Waals surface area contributed by atoms with Gasteiger partial charge in [-0.1, -0.05) is 6.08 Å². The Hall–Kier alpha value is -1.63. The number of likely N-dealkylation sites (tertiary alicyclic amines) is 2. The zero-order valence-corrected chi connectivity index (χ0v) is 23.7. The maximum Gasteiger partial charge on any atom is 0.415 e. The van der Waals surface area contributed by atoms with Crippen LogP contribution in [0.25, 0.3) is 0 Å². The number of carbonyl (C=O) groups is 1. The van der Waals surface area contributed by atoms with Crippen LogP contribution < -0.4 is 5.32 Å². The molecule has 6 atom stereocenters. The van der Waals surface area contributed by atoms with Crippen LogP contribution in [0.4, 0.5) is 22.4 Å². The number of likely N-dealkylation sites (N-methyl/N-ethyl adjacent to an activating group) is 1. The van der Waals surface area contributed by atoms with Crippen LogP contribution >= 0.6 is 24.0 Å². The number of carbonyl (C=O) groups excluding carboxylic acids is 1. The number of amides is 2. The van der Waals surface area contributed by atoms with E-state index in [4.69, 9.17) is 0 Å². The van der Waals surface area contributed by atoms with Gasteiger partial charge in [-0.3, -0.25) is 4.90 Å². The van der Waals surface area contributed by atoms with Crippen LogP contribution in [-0.2, 0) is 11.2 Å². The van der Waals surface area contributed by atoms with Crippen molar-refractivity contribution in [1.82, 2.24) is 25.0 Å². The second-order valence-corrected chi connectivity index (χ2v) is 13.2. The van der Waals surface area contributed by atoms with Crippen molar-refractivity contribution in [2.75, 3.05) is 33.2 Å². The molecule has 4 fully saturated rings. The maximum atomic E-state index is 14.0. The molecule has 0 spiro atoms. The molecule has 0 radical (unpaired) electrons. The van der Waals surface area contributed by atoms with Gasteiger partial charge in [-0.25, -0.2) is 14.2 Å². The summed E-state index contributed by atoms with van der Waals surface area (Å²) in [6.45, 7) is 3.55. The Morgan fingerprint density at radius 2 is 2.15 bits per heavy atom. The van der Waals surface area contributed by atoms with Crippen LogP contribution in [0.3, 0.4) is 0 Å². The average molecular weight is 586 g/mol. The standard InChI is InChI=1S/C27H35F4N5OS2/c1-34-13-18-10-17(34)14-35(18)7-2-8-36(25(37)33-16-3-4-21(28)19(9-16)27(29,30)31)22-5-6-26(11-20(22)26)23-12-32-24(15-38)39-23/h3,9,12,17-18,20-22,38H,2,4-8,10-11,13-15H2,1H3,(H,33,37)/t17-,18-,20+,21?,22+,26-/m0/s1. The number of nitrogens with one attached hydrogen (secondary N) is 1. The van der Waals surface area contributed by atoms with Crippen molar-refractivity contribution in [3.8, 4) is 0 Å². The molecule has 1 N–H and O–H groups in total. The number of rotatable bonds is 8. The lowest BCUT2D eigenvalue weighted by Gasteiger charge is -2.34. The highest BCUT2D eigenvalue weighted by atomic mass is 32.1. The number of nitrogens with zero attached hydrogens (tertiary/aromatic N) is 4. The van der Waals surface area contributed by atoms with Crippen molar-refractivity contribution in [2.45, 2.75) is 80.2 Å². The van der Waals surface area contributed by atoms with E-state index in [0.29, 0.717) is 30.3 Å². The number of halogens is 4. The molecule has 6 nitrogen and oxygen atoms in total. The highest BCUT2D eigenvalue weighted by Gasteiger charge is 2.65. The second kappa shape index (κ2) is 10.3. The van der Waals surface area contributed by atoms with Gasteiger partial charge in [0.1, 0.15) is 11.2 Å². The van der Waals surface area contributed by atoms with Crippen molar-refractivity contribution in [2.24, 2.45) is 5.92 Å². The number of piperazine rings is 1. The molecular formula is C27H35F4N5OS2. The van der Waals surface area contributed by atoms with Crippen LogP contribution in [0, 0.1) is 5.92 Å². The Kier molecular flexibility index (Phi) is 7.29. The minimum absolute atomic E-state index is 0.0110. The Morgan fingerprint density at radius 3 is 2.79 bits per heavy atom. The predicted molar refractivity (Wildman–Crippen MR) is 146 cm³/mol. The van der Waals surface area contributed by atoms with Crippen molar-refractivity contribution in [3.63, 3.8) is 0 Å². The lowest BCUT2D eigenvalue weighted by molar-refractivity contribution is -0.101. The van der Waals surface area contributed by atoms with E-state index in [1.165, 1.54) is 17.4 Å². The van der Waals surface area contributed by atoms with Gasteiger partial charge >= 0.3 is 12.2 Å². The minimum Gasteiger partial charge on any atom is -0.321 e. The third kappa shape index (κ3) is 5.15. The van der Waals surface area contributed by atoms with Crippen LogP contribution in [0.5, 0.6) is 0 Å². The summed E-state index contributed by atoms with van der Waals surface area (Å²) >= 11 is 6.04. The summed E-state index contributed by atoms with van der Waals surface area (Å²) in [6.07, 6.45) is 1.55. The molecule has 1 aromatic rings. The maximum absolute atomic E-state index is 14.0. The summed E-state index contributed by atoms with van der Waals surface area (Å²) in [5.41, 5.74) is -1.18. The van der Waals surface area contributed by atoms with Crippen molar-refractivity contribution in [1.29, 1.82) is 0 Å². The second-order valence-electron chi connectivity index (χ2n) is 11.8. The molecule has 2 saturated carbocycles. The Labute approximate surface area is 235 Å². The first kappa shape index (κ1) is 27.5. The number of thiazole rings is 1. The van der Waals surface area contributed by atoms with Gasteiger partial charge in [0.25, 0.3) is 0 Å². The fourth-order valence-corrected chi connectivity index (χ4v) is 8.77. The molecule has 2 saturated heterocycles. The van der Waals surface area contributed by atoms with Gasteiger partial charge in [0.2, 0.25) is 0 Å². The monoisotopic (exact) mass is 585 g/mol. The van der Waals surface area contributed by atoms with E-state index in [1.807, 2.05) is 11.1 Å². The summed E-state index contributed by atoms with van der Waals surface area (Å²) < 4.78 is 53.9. The normalized spacial score (nSPS) is 34.2. The lowest BCUT2D eigenvalue weighted by atomic mass is 10.0. The zero-order valence-electron chi connectivity index (χ0n) is 22.0. The molecule has 3 aliphatic carbocycles. The molecule has 39 heavy (non-hydrogen) atoms. The topological polar surface area (TPSA) is 51.7 Å². The number of thiol groups is 1. The Balaban J connectivity index is 1.16. The molecule has 214 valence electrons. The summed E-state index contributed by atoms with van der Waals surface area (Å²) in [6, 6.07) is 0.776. The van der Waals surface area contributed by atoms with E-state index >= 15 is 0 Å². The van der Waals surface area contributed by atoms with Gasteiger partial charge in [-0.15, -0.1) is 11.3 Å². The SMILES string of the molecule is CN1C[C@@H]2C[C@H]1CN2CCCN(C(=O)NC1=CCC(F)C(C(F)(F)F)=C1)[C@@H]1CC[C@]2(c3cnc(CS)s3)C[C@H]12. The molecule has 3 heterocycles. The highest BCUT2D eigenvalue weighted by molar-refractivity contribution is 7.79. The Morgan fingerprint density at radius 1 is 1.33 bits per heavy atom. The van der Waals surface area contributed by atoms with E-state index in [2.05, 4.69) is 39.8 Å². The van der Waals surface area contributed by atoms with Crippen molar-refractivity contribution in [3.05, 3.63) is 39.5 Å². The van der Waals surface area contributed by atoms with E-state index in [9.17, 15) is 22.4 Å². The largest absolute Gasteiger partial charge is 0.415 e. The third-order valence-electron chi connectivity index (χ3n) is 9.57. The average Bonchev–Trinajstić information content (AvgIpc) is 3.34. The summed E-state index contributed by atoms with van der Waals surface area (Å²) in [7, 11) is 2.17. The van der Waals surface area contributed by atoms with Crippen LogP contribution in [0.2, 0.25) is 0 Å². The van der Waals surface area contributed by atoms with Crippen LogP contribution in [0.15, 0.2) is 29.6 Å². The highest BCUT2D eigenvalue weighted by Crippen LogP contribution is 2.66. The molecule has 6 rings (SSSR count). The van der Waals surface area contributed by atoms with E-state index in [-0.39, 0.29) is 17.2 Å². The fourth-order valence-electron chi connectivity index (χ4n) is 7.43. The number of aromatic nitrogens is 1. The third-order valence-corrected chi connectivity index (χ3v) is 11.3. The van der Waals surface area contributed by atoms with E-state index in [1.54, 1.807) is 11.3 Å². The quantitative estimate of drug-likeness (QED) is 0.337. The zero-order chi connectivity index (χ0) is 27.5. The van der Waals surface area contributed by atoms with Gasteiger partial charge in [-0.2, -0.15) is 25.8 Å². The summed E-state index contributed by atoms with van der Waals surface area (Å²) in [4.78, 5) is 26.1. The molecule has 1 aromatic heterocycles. The van der Waals surface area contributed by atoms with Gasteiger partial charge in [0.05, 0.1) is 5.57 Å². The van der Waals surface area contributed by atoms with Crippen LogP contribution in [-0.4, -0.2) is 89.4 Å². The number of allylic oxidation sites excluding steroid dienone is 3. The molecule has 5 aliphatic rings. The number of fused-ring (bicyclic) bond motifs is 3. The number of urea groups is 1. The summed E-state index contributed by atoms with van der Waals surface area (Å²) in [5, 5.41) is 3.69. The first-order valence-electron chi connectivity index (χ1n) is 13.8. The van der Waals surface area contributed by atoms with Gasteiger partial charge < -0.3 is 15.1 Å². The number of alkyl halides is 4. The van der Waals surface area contributed by atoms with E-state index < -0.39 is 30.4 Å². The molecule has 2 amide bonds. The molecular weight excluding hydrogens is 550 g/mol. The van der Waals surface area contributed by atoms with Gasteiger partial charge in [-0.05, 0) is 51.1 Å². The number of hydrogen-bond donors (Lipinski definition) is 2. The number of hydrogen-bond acceptors (Lipinski definition) is 6. The molecule has 0 aromatic carbocycles. The van der Waals surface area contributed by atoms with Crippen LogP contribution in [0.1, 0.15) is 48.4 Å². The van der Waals surface area contributed by atoms with Crippen molar-refractivity contribution < 1.29 is 22.4 Å². The molecule has 2 aliphatic heterocycles. The van der Waals surface area contributed by atoms with E-state index in [0.717, 1.165) is 56.4 Å². The minimum atomic E-state index is -4.77. The first-order chi connectivity index (χ1) is 18.6. The first-order valence-corrected chi connectivity index (χ1v) is 15.2. The Bertz CT molecular complexity index is 1170. The summed E-state index contributed by atoms with van der Waals surface area (Å²) in [5.74, 6) is 0.907. The lowest BCUT2D eigenvalue weighted by Crippen LogP contribution is -2.48. The van der Waals surface area contributed by atoms with Gasteiger partial charge in [0.15, 0.2) is 0 Å². The molecule has 1 unspecified atom stereocenters. The molecule has 2 bridgehead atoms.